The van der Waals surface area contributed by atoms with Crippen molar-refractivity contribution in [3.05, 3.63) is 0 Å². The van der Waals surface area contributed by atoms with Gasteiger partial charge in [-0.3, -0.25) is 10.3 Å². The first kappa shape index (κ1) is 30.0. The smallest absolute Gasteiger partial charge is 0.360 e. The molecule has 0 saturated carbocycles. The Bertz CT molecular complexity index is 525. The normalized spacial score (nSPS) is 26.3. The molecule has 0 radical (unpaired) electrons. The molecular weight excluding hydrogens is 433 g/mol. The summed E-state index contributed by atoms with van der Waals surface area (Å²) in [5.74, 6) is -2.14. The van der Waals surface area contributed by atoms with E-state index >= 15 is 0 Å². The van der Waals surface area contributed by atoms with Crippen LogP contribution in [0.4, 0.5) is 0 Å². The molecule has 1 aliphatic heterocycles. The van der Waals surface area contributed by atoms with Crippen LogP contribution in [0, 0.1) is 0 Å². The fourth-order valence-electron chi connectivity index (χ4n) is 4.11. The van der Waals surface area contributed by atoms with Gasteiger partial charge in [-0.1, -0.05) is 103 Å². The van der Waals surface area contributed by atoms with Gasteiger partial charge in [-0.2, -0.15) is 0 Å². The molecule has 32 heavy (non-hydrogen) atoms. The SMILES string of the molecule is CCCCCCCCCCCCCCCCCCOP(=O)(O)C(O)[C@@]1(N)OC[C@@H](O)[C@@H]1O. The second-order valence-electron chi connectivity index (χ2n) is 9.25. The fourth-order valence-corrected chi connectivity index (χ4v) is 5.37. The zero-order valence-electron chi connectivity index (χ0n) is 20.0. The number of ether oxygens (including phenoxy) is 1. The summed E-state index contributed by atoms with van der Waals surface area (Å²) >= 11 is 0. The van der Waals surface area contributed by atoms with E-state index in [1.165, 1.54) is 77.0 Å². The van der Waals surface area contributed by atoms with Crippen LogP contribution >= 0.6 is 7.60 Å². The minimum absolute atomic E-state index is 0.0119. The van der Waals surface area contributed by atoms with Crippen LogP contribution in [0.15, 0.2) is 0 Å². The Morgan fingerprint density at radius 2 is 1.31 bits per heavy atom. The predicted octanol–water partition coefficient (Wildman–Crippen LogP) is 4.18. The fraction of sp³-hybridized carbons (Fsp3) is 1.00. The minimum Gasteiger partial charge on any atom is -0.388 e. The average molecular weight is 482 g/mol. The maximum absolute atomic E-state index is 12.2. The molecular formula is C23H48NO7P. The highest BCUT2D eigenvalue weighted by Gasteiger charge is 2.57. The molecule has 1 aliphatic rings. The first-order valence-electron chi connectivity index (χ1n) is 12.7. The number of rotatable bonds is 20. The van der Waals surface area contributed by atoms with E-state index in [0.717, 1.165) is 19.3 Å². The van der Waals surface area contributed by atoms with E-state index in [1.807, 2.05) is 0 Å². The zero-order chi connectivity index (χ0) is 23.9. The standard InChI is InChI=1S/C23H48NO7P/c1-2-3-4-5-6-7-8-9-10-11-12-13-14-15-16-17-18-31-32(28,29)22(27)23(24)21(26)20(25)19-30-23/h20-22,25-27H,2-19,24H2,1H3,(H,28,29)/t20-,21+,22?,23+/m1/s1. The van der Waals surface area contributed by atoms with Crippen molar-refractivity contribution in [2.24, 2.45) is 5.73 Å². The summed E-state index contributed by atoms with van der Waals surface area (Å²) in [6.07, 6.45) is 16.7. The van der Waals surface area contributed by atoms with Crippen LogP contribution in [0.2, 0.25) is 0 Å². The van der Waals surface area contributed by atoms with Gasteiger partial charge in [0.05, 0.1) is 13.2 Å². The second-order valence-corrected chi connectivity index (χ2v) is 11.1. The number of aliphatic hydroxyl groups is 3. The van der Waals surface area contributed by atoms with Crippen molar-refractivity contribution in [3.63, 3.8) is 0 Å². The molecule has 0 amide bonds. The molecule has 9 heteroatoms. The first-order valence-corrected chi connectivity index (χ1v) is 14.3. The maximum Gasteiger partial charge on any atom is 0.360 e. The summed E-state index contributed by atoms with van der Waals surface area (Å²) in [5, 5.41) is 29.4. The predicted molar refractivity (Wildman–Crippen MR) is 126 cm³/mol. The first-order chi connectivity index (χ1) is 15.3. The lowest BCUT2D eigenvalue weighted by atomic mass is 10.0. The third-order valence-electron chi connectivity index (χ3n) is 6.32. The van der Waals surface area contributed by atoms with E-state index in [4.69, 9.17) is 15.0 Å². The largest absolute Gasteiger partial charge is 0.388 e. The lowest BCUT2D eigenvalue weighted by Crippen LogP contribution is -2.59. The van der Waals surface area contributed by atoms with Crippen molar-refractivity contribution in [2.75, 3.05) is 13.2 Å². The Hall–Kier alpha value is -0.0500. The Labute approximate surface area is 194 Å². The number of hydrogen-bond acceptors (Lipinski definition) is 7. The summed E-state index contributed by atoms with van der Waals surface area (Å²) in [6, 6.07) is 0. The van der Waals surface area contributed by atoms with Gasteiger partial charge >= 0.3 is 7.60 Å². The monoisotopic (exact) mass is 481 g/mol. The van der Waals surface area contributed by atoms with Crippen molar-refractivity contribution < 1.29 is 34.0 Å². The van der Waals surface area contributed by atoms with Crippen molar-refractivity contribution >= 4 is 7.60 Å². The molecule has 8 nitrogen and oxygen atoms in total. The molecule has 0 aliphatic carbocycles. The molecule has 6 N–H and O–H groups in total. The van der Waals surface area contributed by atoms with Gasteiger partial charge in [0.1, 0.15) is 12.2 Å². The highest BCUT2D eigenvalue weighted by Crippen LogP contribution is 2.52. The van der Waals surface area contributed by atoms with E-state index in [9.17, 15) is 24.8 Å². The van der Waals surface area contributed by atoms with Gasteiger partial charge in [-0.25, -0.2) is 0 Å². The molecule has 1 rings (SSSR count). The molecule has 1 heterocycles. The molecule has 0 aromatic carbocycles. The molecule has 0 aromatic heterocycles. The van der Waals surface area contributed by atoms with E-state index in [0.29, 0.717) is 6.42 Å². The van der Waals surface area contributed by atoms with Crippen LogP contribution in [-0.2, 0) is 13.8 Å². The zero-order valence-corrected chi connectivity index (χ0v) is 20.9. The summed E-state index contributed by atoms with van der Waals surface area (Å²) < 4.78 is 22.2. The Kier molecular flexibility index (Phi) is 15.5. The summed E-state index contributed by atoms with van der Waals surface area (Å²) in [5.41, 5.74) is 3.47. The number of nitrogens with two attached hydrogens (primary N) is 1. The highest BCUT2D eigenvalue weighted by molar-refractivity contribution is 7.53. The number of hydrogen-bond donors (Lipinski definition) is 5. The minimum atomic E-state index is -4.52. The summed E-state index contributed by atoms with van der Waals surface area (Å²) in [4.78, 5) is 9.97. The Morgan fingerprint density at radius 1 is 0.906 bits per heavy atom. The van der Waals surface area contributed by atoms with Gasteiger partial charge in [0.25, 0.3) is 0 Å². The molecule has 1 saturated heterocycles. The third-order valence-corrected chi connectivity index (χ3v) is 7.89. The third kappa shape index (κ3) is 10.9. The van der Waals surface area contributed by atoms with E-state index in [1.54, 1.807) is 0 Å². The number of unbranched alkanes of at least 4 members (excludes halogenated alkanes) is 15. The molecule has 2 unspecified atom stereocenters. The molecule has 192 valence electrons. The number of aliphatic hydroxyl groups excluding tert-OH is 3. The van der Waals surface area contributed by atoms with E-state index in [-0.39, 0.29) is 13.2 Å². The Morgan fingerprint density at radius 3 is 1.69 bits per heavy atom. The van der Waals surface area contributed by atoms with Crippen molar-refractivity contribution in [3.8, 4) is 0 Å². The molecule has 0 aromatic rings. The van der Waals surface area contributed by atoms with Gasteiger partial charge in [-0.05, 0) is 6.42 Å². The maximum atomic E-state index is 12.2. The average Bonchev–Trinajstić information content (AvgIpc) is 3.03. The van der Waals surface area contributed by atoms with Crippen LogP contribution < -0.4 is 5.73 Å². The molecule has 5 atom stereocenters. The van der Waals surface area contributed by atoms with Crippen molar-refractivity contribution in [2.45, 2.75) is 133 Å². The quantitative estimate of drug-likeness (QED) is 0.129. The van der Waals surface area contributed by atoms with Crippen molar-refractivity contribution in [1.82, 2.24) is 0 Å². The lowest BCUT2D eigenvalue weighted by Gasteiger charge is -2.33. The van der Waals surface area contributed by atoms with Crippen LogP contribution in [0.3, 0.4) is 0 Å². The lowest BCUT2D eigenvalue weighted by molar-refractivity contribution is -0.113. The van der Waals surface area contributed by atoms with Crippen molar-refractivity contribution in [1.29, 1.82) is 0 Å². The van der Waals surface area contributed by atoms with Gasteiger partial charge in [0, 0.05) is 0 Å². The molecule has 0 spiro atoms. The summed E-state index contributed by atoms with van der Waals surface area (Å²) in [7, 11) is -4.52. The highest BCUT2D eigenvalue weighted by atomic mass is 31.2. The van der Waals surface area contributed by atoms with Crippen LogP contribution in [-0.4, -0.2) is 57.2 Å². The van der Waals surface area contributed by atoms with E-state index in [2.05, 4.69) is 6.92 Å². The topological polar surface area (TPSA) is 142 Å². The summed E-state index contributed by atoms with van der Waals surface area (Å²) in [6.45, 7) is 1.94. The molecule has 1 fully saturated rings. The van der Waals surface area contributed by atoms with Gasteiger partial charge in [-0.15, -0.1) is 0 Å². The molecule has 0 bridgehead atoms. The van der Waals surface area contributed by atoms with Crippen LogP contribution in [0.25, 0.3) is 0 Å². The van der Waals surface area contributed by atoms with Crippen LogP contribution in [0.1, 0.15) is 110 Å². The second kappa shape index (κ2) is 16.6. The van der Waals surface area contributed by atoms with Gasteiger partial charge in [0.2, 0.25) is 5.85 Å². The van der Waals surface area contributed by atoms with Gasteiger partial charge < -0.3 is 29.5 Å². The van der Waals surface area contributed by atoms with Gasteiger partial charge in [0.15, 0.2) is 5.72 Å². The van der Waals surface area contributed by atoms with E-state index < -0.39 is 31.4 Å². The Balaban J connectivity index is 1.96. The van der Waals surface area contributed by atoms with Crippen LogP contribution in [0.5, 0.6) is 0 Å².